The average molecular weight is 401 g/mol. The lowest BCUT2D eigenvalue weighted by Gasteiger charge is -2.34. The molecule has 3 rings (SSSR count). The molecule has 1 aromatic carbocycles. The summed E-state index contributed by atoms with van der Waals surface area (Å²) in [6.45, 7) is 3.62. The summed E-state index contributed by atoms with van der Waals surface area (Å²) in [7, 11) is -7.13. The molecular weight excluding hydrogens is 372 g/mol. The molecule has 2 fully saturated rings. The Morgan fingerprint density at radius 3 is 1.92 bits per heavy atom. The second kappa shape index (κ2) is 7.96. The maximum absolute atomic E-state index is 13.0. The highest BCUT2D eigenvalue weighted by molar-refractivity contribution is 7.89. The van der Waals surface area contributed by atoms with E-state index >= 15 is 0 Å². The van der Waals surface area contributed by atoms with Crippen LogP contribution in [0.2, 0.25) is 0 Å². The zero-order chi connectivity index (χ0) is 18.8. The smallest absolute Gasteiger partial charge is 0.207 e. The predicted molar refractivity (Wildman–Crippen MR) is 101 cm³/mol. The first-order chi connectivity index (χ1) is 12.4. The zero-order valence-electron chi connectivity index (χ0n) is 15.3. The number of hydrogen-bond acceptors (Lipinski definition) is 4. The van der Waals surface area contributed by atoms with Gasteiger partial charge in [0.15, 0.2) is 0 Å². The normalized spacial score (nSPS) is 23.8. The molecule has 2 aliphatic rings. The van der Waals surface area contributed by atoms with E-state index in [1.807, 2.05) is 6.92 Å². The highest BCUT2D eigenvalue weighted by atomic mass is 32.2. The monoisotopic (exact) mass is 400 g/mol. The van der Waals surface area contributed by atoms with Crippen molar-refractivity contribution in [3.05, 3.63) is 24.3 Å². The molecule has 8 heteroatoms. The number of sulfonamides is 2. The molecule has 6 nitrogen and oxygen atoms in total. The first-order valence-corrected chi connectivity index (χ1v) is 12.4. The fourth-order valence-corrected chi connectivity index (χ4v) is 7.16. The molecule has 0 bridgehead atoms. The van der Waals surface area contributed by atoms with Crippen molar-refractivity contribution in [2.45, 2.75) is 67.7 Å². The van der Waals surface area contributed by atoms with Gasteiger partial charge >= 0.3 is 0 Å². The van der Waals surface area contributed by atoms with Gasteiger partial charge in [0.2, 0.25) is 20.0 Å². The third-order valence-electron chi connectivity index (χ3n) is 5.43. The van der Waals surface area contributed by atoms with E-state index < -0.39 is 20.0 Å². The van der Waals surface area contributed by atoms with Gasteiger partial charge in [-0.2, -0.15) is 8.61 Å². The van der Waals surface area contributed by atoms with E-state index in [4.69, 9.17) is 0 Å². The number of hydrogen-bond donors (Lipinski definition) is 0. The minimum absolute atomic E-state index is 0.0329. The van der Waals surface area contributed by atoms with Gasteiger partial charge in [-0.3, -0.25) is 0 Å². The van der Waals surface area contributed by atoms with Gasteiger partial charge in [-0.05, 0) is 56.4 Å². The fourth-order valence-electron chi connectivity index (χ4n) is 3.87. The van der Waals surface area contributed by atoms with Gasteiger partial charge in [-0.15, -0.1) is 0 Å². The minimum Gasteiger partial charge on any atom is -0.207 e. The highest BCUT2D eigenvalue weighted by Gasteiger charge is 2.33. The van der Waals surface area contributed by atoms with Gasteiger partial charge in [0.05, 0.1) is 9.79 Å². The van der Waals surface area contributed by atoms with E-state index in [1.165, 1.54) is 28.6 Å². The van der Waals surface area contributed by atoms with Crippen molar-refractivity contribution in [3.8, 4) is 0 Å². The SMILES string of the molecule is CC[C@@H]1CCCCN1S(=O)(=O)c1ccc(S(=O)(=O)N2CCCCC2)cc1. The Morgan fingerprint density at radius 2 is 1.35 bits per heavy atom. The third-order valence-corrected chi connectivity index (χ3v) is 9.31. The lowest BCUT2D eigenvalue weighted by molar-refractivity contribution is 0.246. The van der Waals surface area contributed by atoms with Gasteiger partial charge in [-0.25, -0.2) is 16.8 Å². The Labute approximate surface area is 157 Å². The average Bonchev–Trinajstić information content (AvgIpc) is 2.68. The Hall–Kier alpha value is -0.960. The molecule has 26 heavy (non-hydrogen) atoms. The van der Waals surface area contributed by atoms with Crippen LogP contribution < -0.4 is 0 Å². The van der Waals surface area contributed by atoms with E-state index in [1.54, 1.807) is 4.31 Å². The Bertz CT molecular complexity index is 813. The van der Waals surface area contributed by atoms with Crippen LogP contribution in [0.15, 0.2) is 34.1 Å². The topological polar surface area (TPSA) is 74.8 Å². The van der Waals surface area contributed by atoms with Crippen LogP contribution in [0.1, 0.15) is 51.9 Å². The molecule has 2 heterocycles. The standard InChI is InChI=1S/C18H28N2O4S2/c1-2-16-8-4-7-15-20(16)26(23,24)18-11-9-17(10-12-18)25(21,22)19-13-5-3-6-14-19/h9-12,16H,2-8,13-15H2,1H3/t16-/m1/s1. The van der Waals surface area contributed by atoms with Crippen LogP contribution in [-0.4, -0.2) is 51.1 Å². The first-order valence-electron chi connectivity index (χ1n) is 9.49. The molecule has 1 atom stereocenters. The molecule has 146 valence electrons. The van der Waals surface area contributed by atoms with Crippen molar-refractivity contribution < 1.29 is 16.8 Å². The van der Waals surface area contributed by atoms with Crippen LogP contribution in [0.4, 0.5) is 0 Å². The van der Waals surface area contributed by atoms with Gasteiger partial charge < -0.3 is 0 Å². The molecule has 0 spiro atoms. The molecular formula is C18H28N2O4S2. The van der Waals surface area contributed by atoms with E-state index in [-0.39, 0.29) is 15.8 Å². The molecule has 0 N–H and O–H groups in total. The first kappa shape index (κ1) is 19.8. The summed E-state index contributed by atoms with van der Waals surface area (Å²) in [5.41, 5.74) is 0. The van der Waals surface area contributed by atoms with Crippen molar-refractivity contribution in [2.75, 3.05) is 19.6 Å². The molecule has 0 radical (unpaired) electrons. The van der Waals surface area contributed by atoms with E-state index in [0.29, 0.717) is 19.6 Å². The Balaban J connectivity index is 1.84. The van der Waals surface area contributed by atoms with Gasteiger partial charge in [0, 0.05) is 25.7 Å². The lowest BCUT2D eigenvalue weighted by Crippen LogP contribution is -2.43. The van der Waals surface area contributed by atoms with Gasteiger partial charge in [0.25, 0.3) is 0 Å². The van der Waals surface area contributed by atoms with Crippen LogP contribution in [0.3, 0.4) is 0 Å². The maximum atomic E-state index is 13.0. The van der Waals surface area contributed by atoms with Crippen molar-refractivity contribution >= 4 is 20.0 Å². The summed E-state index contributed by atoms with van der Waals surface area (Å²) in [6, 6.07) is 5.77. The maximum Gasteiger partial charge on any atom is 0.243 e. The molecule has 0 aliphatic carbocycles. The summed E-state index contributed by atoms with van der Waals surface area (Å²) in [4.78, 5) is 0.347. The number of benzene rings is 1. The summed E-state index contributed by atoms with van der Waals surface area (Å²) >= 11 is 0. The largest absolute Gasteiger partial charge is 0.243 e. The summed E-state index contributed by atoms with van der Waals surface area (Å²) in [5.74, 6) is 0. The van der Waals surface area contributed by atoms with Gasteiger partial charge in [-0.1, -0.05) is 19.8 Å². The second-order valence-electron chi connectivity index (χ2n) is 7.11. The molecule has 2 aliphatic heterocycles. The van der Waals surface area contributed by atoms with Gasteiger partial charge in [0.1, 0.15) is 0 Å². The predicted octanol–water partition coefficient (Wildman–Crippen LogP) is 2.81. The van der Waals surface area contributed by atoms with Crippen LogP contribution >= 0.6 is 0 Å². The van der Waals surface area contributed by atoms with E-state index in [9.17, 15) is 16.8 Å². The van der Waals surface area contributed by atoms with Crippen LogP contribution in [0.5, 0.6) is 0 Å². The summed E-state index contributed by atoms with van der Waals surface area (Å²) in [5, 5.41) is 0. The van der Waals surface area contributed by atoms with Crippen LogP contribution in [0.25, 0.3) is 0 Å². The molecule has 1 aromatic rings. The van der Waals surface area contributed by atoms with E-state index in [0.717, 1.165) is 44.9 Å². The summed E-state index contributed by atoms with van der Waals surface area (Å²) < 4.78 is 54.5. The quantitative estimate of drug-likeness (QED) is 0.762. The number of piperidine rings is 2. The molecule has 0 aromatic heterocycles. The number of nitrogens with zero attached hydrogens (tertiary/aromatic N) is 2. The van der Waals surface area contributed by atoms with E-state index in [2.05, 4.69) is 0 Å². The molecule has 0 saturated carbocycles. The van der Waals surface area contributed by atoms with Crippen molar-refractivity contribution in [1.82, 2.24) is 8.61 Å². The van der Waals surface area contributed by atoms with Crippen molar-refractivity contribution in [3.63, 3.8) is 0 Å². The minimum atomic E-state index is -3.59. The number of rotatable bonds is 5. The Morgan fingerprint density at radius 1 is 0.808 bits per heavy atom. The van der Waals surface area contributed by atoms with Crippen molar-refractivity contribution in [2.24, 2.45) is 0 Å². The fraction of sp³-hybridized carbons (Fsp3) is 0.667. The van der Waals surface area contributed by atoms with Crippen LogP contribution in [-0.2, 0) is 20.0 Å². The lowest BCUT2D eigenvalue weighted by atomic mass is 10.0. The third kappa shape index (κ3) is 3.83. The van der Waals surface area contributed by atoms with Crippen molar-refractivity contribution in [1.29, 1.82) is 0 Å². The zero-order valence-corrected chi connectivity index (χ0v) is 16.9. The summed E-state index contributed by atoms with van der Waals surface area (Å²) in [6.07, 6.45) is 6.41. The Kier molecular flexibility index (Phi) is 6.06. The molecule has 0 unspecified atom stereocenters. The van der Waals surface area contributed by atoms with Crippen LogP contribution in [0, 0.1) is 0 Å². The molecule has 0 amide bonds. The second-order valence-corrected chi connectivity index (χ2v) is 10.9. The highest BCUT2D eigenvalue weighted by Crippen LogP contribution is 2.28. The molecule has 2 saturated heterocycles.